The third-order valence-electron chi connectivity index (χ3n) is 10.8. The highest BCUT2D eigenvalue weighted by Gasteiger charge is 2.49. The lowest BCUT2D eigenvalue weighted by Gasteiger charge is -2.37. The van der Waals surface area contributed by atoms with Gasteiger partial charge in [-0.2, -0.15) is 10.2 Å². The maximum atomic E-state index is 10.1. The lowest BCUT2D eigenvalue weighted by Crippen LogP contribution is -2.45. The molecule has 4 heterocycles. The Morgan fingerprint density at radius 3 is 2.75 bits per heavy atom. The topological polar surface area (TPSA) is 121 Å². The molecule has 2 aromatic heterocycles. The Bertz CT molecular complexity index is 1590. The van der Waals surface area contributed by atoms with Crippen molar-refractivity contribution in [3.63, 3.8) is 0 Å². The van der Waals surface area contributed by atoms with Gasteiger partial charge in [0.05, 0.1) is 11.0 Å². The van der Waals surface area contributed by atoms with Crippen LogP contribution in [-0.4, -0.2) is 83.9 Å². The number of hydrogen-bond donors (Lipinski definition) is 1. The second-order valence-corrected chi connectivity index (χ2v) is 13.6. The van der Waals surface area contributed by atoms with Gasteiger partial charge in [-0.05, 0) is 110 Å². The highest BCUT2D eigenvalue weighted by molar-refractivity contribution is 5.68. The molecule has 0 amide bonds. The van der Waals surface area contributed by atoms with Crippen molar-refractivity contribution in [3.8, 4) is 23.5 Å². The third-order valence-corrected chi connectivity index (χ3v) is 10.8. The van der Waals surface area contributed by atoms with E-state index in [1.807, 2.05) is 12.1 Å². The first kappa shape index (κ1) is 29.1. The van der Waals surface area contributed by atoms with Crippen LogP contribution in [-0.2, 0) is 18.3 Å². The van der Waals surface area contributed by atoms with Crippen molar-refractivity contribution in [2.24, 2.45) is 0 Å². The zero-order valence-electron chi connectivity index (χ0n) is 26.5. The van der Waals surface area contributed by atoms with Gasteiger partial charge in [0, 0.05) is 42.5 Å². The van der Waals surface area contributed by atoms with Gasteiger partial charge in [-0.1, -0.05) is 11.2 Å². The first-order chi connectivity index (χ1) is 21.3. The van der Waals surface area contributed by atoms with Crippen molar-refractivity contribution in [2.45, 2.75) is 88.3 Å². The molecule has 2 N–H and O–H groups in total. The molecule has 232 valence electrons. The molecule has 0 bridgehead atoms. The Labute approximate surface area is 260 Å². The summed E-state index contributed by atoms with van der Waals surface area (Å²) in [6.07, 6.45) is 9.04. The first-order valence-electron chi connectivity index (χ1n) is 16.3. The number of nitrogens with zero attached hydrogens (tertiary/aromatic N) is 7. The molecule has 2 fully saturated rings. The maximum Gasteiger partial charge on any atom is 0.219 e. The molecule has 44 heavy (non-hydrogen) atoms. The van der Waals surface area contributed by atoms with E-state index < -0.39 is 5.41 Å². The number of piperidine rings is 1. The van der Waals surface area contributed by atoms with Crippen molar-refractivity contribution in [1.82, 2.24) is 24.9 Å². The molecule has 3 aromatic rings. The molecule has 0 saturated carbocycles. The van der Waals surface area contributed by atoms with Crippen LogP contribution in [0.4, 0.5) is 11.5 Å². The second-order valence-electron chi connectivity index (χ2n) is 13.6. The minimum Gasteiger partial charge on any atom is -0.473 e. The Kier molecular flexibility index (Phi) is 7.50. The Morgan fingerprint density at radius 2 is 1.98 bits per heavy atom. The van der Waals surface area contributed by atoms with Crippen LogP contribution in [0, 0.1) is 11.3 Å². The fraction of sp³-hybridized carbons (Fsp3) is 0.588. The predicted molar refractivity (Wildman–Crippen MR) is 170 cm³/mol. The number of hydrogen-bond acceptors (Lipinski definition) is 10. The van der Waals surface area contributed by atoms with Crippen LogP contribution >= 0.6 is 0 Å². The zero-order chi connectivity index (χ0) is 30.6. The fourth-order valence-electron chi connectivity index (χ4n) is 8.38. The highest BCUT2D eigenvalue weighted by Crippen LogP contribution is 2.54. The number of likely N-dealkylation sites (tertiary alicyclic amines) is 1. The normalized spacial score (nSPS) is 25.7. The number of anilines is 2. The van der Waals surface area contributed by atoms with Crippen molar-refractivity contribution >= 4 is 11.5 Å². The van der Waals surface area contributed by atoms with Gasteiger partial charge in [-0.25, -0.2) is 4.98 Å². The molecule has 0 radical (unpaired) electrons. The molecule has 10 nitrogen and oxygen atoms in total. The number of aromatic nitrogens is 3. The quantitative estimate of drug-likeness (QED) is 0.406. The van der Waals surface area contributed by atoms with Crippen molar-refractivity contribution < 1.29 is 9.26 Å². The van der Waals surface area contributed by atoms with Crippen LogP contribution < -0.4 is 15.4 Å². The summed E-state index contributed by atoms with van der Waals surface area (Å²) in [7, 11) is 6.48. The van der Waals surface area contributed by atoms with Gasteiger partial charge >= 0.3 is 0 Å². The Hall–Kier alpha value is -3.68. The van der Waals surface area contributed by atoms with Crippen LogP contribution in [0.15, 0.2) is 22.7 Å². The van der Waals surface area contributed by atoms with E-state index in [0.717, 1.165) is 87.3 Å². The number of ether oxygens (including phenoxy) is 1. The number of fused-ring (bicyclic) bond motifs is 4. The van der Waals surface area contributed by atoms with Crippen LogP contribution in [0.1, 0.15) is 79.9 Å². The van der Waals surface area contributed by atoms with E-state index in [1.54, 1.807) is 0 Å². The van der Waals surface area contributed by atoms with E-state index in [1.165, 1.54) is 18.4 Å². The summed E-state index contributed by atoms with van der Waals surface area (Å²) in [6.45, 7) is 5.08. The molecule has 1 aromatic carbocycles. The zero-order valence-corrected chi connectivity index (χ0v) is 26.5. The van der Waals surface area contributed by atoms with Gasteiger partial charge in [0.2, 0.25) is 5.88 Å². The summed E-state index contributed by atoms with van der Waals surface area (Å²) in [5.74, 6) is 2.85. The molecule has 7 rings (SSSR count). The van der Waals surface area contributed by atoms with Crippen LogP contribution in [0.5, 0.6) is 5.88 Å². The summed E-state index contributed by atoms with van der Waals surface area (Å²) in [4.78, 5) is 17.2. The van der Waals surface area contributed by atoms with Crippen molar-refractivity contribution in [3.05, 3.63) is 46.2 Å². The van der Waals surface area contributed by atoms with Crippen molar-refractivity contribution in [1.29, 1.82) is 5.26 Å². The number of rotatable bonds is 6. The molecule has 2 aliphatic carbocycles. The molecule has 4 atom stereocenters. The molecule has 4 aliphatic rings. The van der Waals surface area contributed by atoms with E-state index in [9.17, 15) is 5.26 Å². The lowest BCUT2D eigenvalue weighted by molar-refractivity contribution is 0.117. The highest BCUT2D eigenvalue weighted by atomic mass is 16.5. The average Bonchev–Trinajstić information content (AvgIpc) is 3.75. The van der Waals surface area contributed by atoms with Crippen LogP contribution in [0.2, 0.25) is 0 Å². The van der Waals surface area contributed by atoms with Gasteiger partial charge in [0.25, 0.3) is 0 Å². The number of nitrogen functional groups attached to an aromatic ring is 1. The van der Waals surface area contributed by atoms with Crippen molar-refractivity contribution in [2.75, 3.05) is 51.4 Å². The molecular formula is C34H44N8O2. The van der Waals surface area contributed by atoms with E-state index in [2.05, 4.69) is 60.1 Å². The Balaban J connectivity index is 1.30. The summed E-state index contributed by atoms with van der Waals surface area (Å²) in [5, 5.41) is 14.8. The SMILES string of the molecule is C[C@H](Oc1cc(N2CCCC(N(C)C)C2)nc(-c2noc3c2CCC[C@@]32CCc3ccc(N)c(C#N)c32)n1)[C@@H]1CCCN1C. The van der Waals surface area contributed by atoms with Gasteiger partial charge in [-0.15, -0.1) is 0 Å². The number of benzene rings is 1. The molecule has 10 heteroatoms. The second kappa shape index (κ2) is 11.4. The summed E-state index contributed by atoms with van der Waals surface area (Å²) >= 11 is 0. The standard InChI is InChI=1S/C34H44N8O2/c1-21(27-10-7-16-41(27)4)43-29-18-28(42-17-6-8-23(20-42)40(2)3)37-33(38-29)31-24-9-5-14-34(32(24)44-39-31)15-13-22-11-12-26(36)25(19-35)30(22)34/h11-12,18,21,23,27H,5-10,13-17,20,36H2,1-4H3/t21-,23?,27-,34-/m0/s1. The first-order valence-corrected chi connectivity index (χ1v) is 16.3. The minimum absolute atomic E-state index is 0.00618. The van der Waals surface area contributed by atoms with Crippen LogP contribution in [0.25, 0.3) is 11.5 Å². The number of nitriles is 1. The smallest absolute Gasteiger partial charge is 0.219 e. The molecule has 2 saturated heterocycles. The fourth-order valence-corrected chi connectivity index (χ4v) is 8.38. The largest absolute Gasteiger partial charge is 0.473 e. The summed E-state index contributed by atoms with van der Waals surface area (Å²) in [5.41, 5.74) is 11.0. The lowest BCUT2D eigenvalue weighted by atomic mass is 9.68. The number of nitrogens with two attached hydrogens (primary N) is 1. The Morgan fingerprint density at radius 1 is 1.14 bits per heavy atom. The van der Waals surface area contributed by atoms with E-state index >= 15 is 0 Å². The minimum atomic E-state index is -0.404. The number of likely N-dealkylation sites (N-methyl/N-ethyl adjacent to an activating group) is 2. The monoisotopic (exact) mass is 596 g/mol. The summed E-state index contributed by atoms with van der Waals surface area (Å²) in [6, 6.07) is 9.16. The van der Waals surface area contributed by atoms with E-state index in [4.69, 9.17) is 25.0 Å². The summed E-state index contributed by atoms with van der Waals surface area (Å²) < 4.78 is 12.9. The molecule has 1 unspecified atom stereocenters. The van der Waals surface area contributed by atoms with Gasteiger partial charge < -0.3 is 24.8 Å². The molecule has 2 aliphatic heterocycles. The number of aryl methyl sites for hydroxylation is 1. The maximum absolute atomic E-state index is 10.1. The predicted octanol–water partition coefficient (Wildman–Crippen LogP) is 4.55. The van der Waals surface area contributed by atoms with Gasteiger partial charge in [0.15, 0.2) is 17.3 Å². The third kappa shape index (κ3) is 4.81. The van der Waals surface area contributed by atoms with Gasteiger partial charge in [0.1, 0.15) is 18.0 Å². The van der Waals surface area contributed by atoms with E-state index in [-0.39, 0.29) is 6.10 Å². The molecular weight excluding hydrogens is 552 g/mol. The van der Waals surface area contributed by atoms with E-state index in [0.29, 0.717) is 40.7 Å². The average molecular weight is 597 g/mol. The molecule has 1 spiro atoms. The van der Waals surface area contributed by atoms with Gasteiger partial charge in [-0.3, -0.25) is 4.90 Å². The van der Waals surface area contributed by atoms with Crippen LogP contribution in [0.3, 0.4) is 0 Å².